The molecular formula is C21H29NO5. The minimum absolute atomic E-state index is 0.237. The number of fused-ring (bicyclic) bond motifs is 1. The third-order valence-electron chi connectivity index (χ3n) is 6.51. The number of aliphatic hydroxyl groups is 1. The molecule has 0 saturated carbocycles. The number of benzene rings is 1. The van der Waals surface area contributed by atoms with E-state index in [-0.39, 0.29) is 11.6 Å². The van der Waals surface area contributed by atoms with Crippen LogP contribution in [0, 0.1) is 0 Å². The van der Waals surface area contributed by atoms with Crippen molar-refractivity contribution < 1.29 is 24.1 Å². The first-order valence-electron chi connectivity index (χ1n) is 9.60. The molecule has 1 saturated heterocycles. The van der Waals surface area contributed by atoms with Gasteiger partial charge in [-0.1, -0.05) is 6.08 Å². The maximum atomic E-state index is 10.5. The Hall–Kier alpha value is -1.76. The number of hydrogen-bond donors (Lipinski definition) is 1. The van der Waals surface area contributed by atoms with Gasteiger partial charge in [0.05, 0.1) is 39.1 Å². The van der Waals surface area contributed by atoms with Crippen molar-refractivity contribution in [2.45, 2.75) is 43.4 Å². The Kier molecular flexibility index (Phi) is 4.82. The first-order valence-corrected chi connectivity index (χ1v) is 9.60. The molecule has 4 rings (SSSR count). The number of rotatable bonds is 4. The minimum Gasteiger partial charge on any atom is -0.493 e. The van der Waals surface area contributed by atoms with Crippen molar-refractivity contribution in [1.82, 2.24) is 4.90 Å². The van der Waals surface area contributed by atoms with Crippen molar-refractivity contribution in [2.75, 3.05) is 41.5 Å². The Morgan fingerprint density at radius 1 is 1.04 bits per heavy atom. The van der Waals surface area contributed by atoms with Crippen LogP contribution in [0.5, 0.6) is 17.2 Å². The van der Waals surface area contributed by atoms with Gasteiger partial charge in [0.2, 0.25) is 5.75 Å². The van der Waals surface area contributed by atoms with Crippen LogP contribution >= 0.6 is 0 Å². The van der Waals surface area contributed by atoms with Crippen LogP contribution < -0.4 is 14.2 Å². The maximum absolute atomic E-state index is 10.5. The van der Waals surface area contributed by atoms with Gasteiger partial charge in [-0.15, -0.1) is 0 Å². The molecule has 1 aromatic carbocycles. The van der Waals surface area contributed by atoms with Crippen molar-refractivity contribution in [3.05, 3.63) is 28.8 Å². The lowest BCUT2D eigenvalue weighted by molar-refractivity contribution is -0.0318. The summed E-state index contributed by atoms with van der Waals surface area (Å²) in [6.45, 7) is 2.00. The fourth-order valence-electron chi connectivity index (χ4n) is 5.32. The van der Waals surface area contributed by atoms with Crippen molar-refractivity contribution in [2.24, 2.45) is 0 Å². The Morgan fingerprint density at radius 3 is 2.48 bits per heavy atom. The first kappa shape index (κ1) is 18.6. The van der Waals surface area contributed by atoms with Gasteiger partial charge >= 0.3 is 0 Å². The van der Waals surface area contributed by atoms with Gasteiger partial charge in [0, 0.05) is 25.6 Å². The summed E-state index contributed by atoms with van der Waals surface area (Å²) in [4.78, 5) is 2.55. The molecule has 148 valence electrons. The highest BCUT2D eigenvalue weighted by Gasteiger charge is 2.53. The smallest absolute Gasteiger partial charge is 0.203 e. The predicted molar refractivity (Wildman–Crippen MR) is 102 cm³/mol. The van der Waals surface area contributed by atoms with Gasteiger partial charge in [-0.3, -0.25) is 4.90 Å². The summed E-state index contributed by atoms with van der Waals surface area (Å²) < 4.78 is 22.8. The van der Waals surface area contributed by atoms with Gasteiger partial charge < -0.3 is 24.1 Å². The van der Waals surface area contributed by atoms with Gasteiger partial charge in [0.1, 0.15) is 0 Å². The summed E-state index contributed by atoms with van der Waals surface area (Å²) in [6.07, 6.45) is 4.86. The SMILES string of the molecule is COc1cc2c(c(OC)c1OC)CCCN1CCC3=CC(O)C(OC)CC321. The summed E-state index contributed by atoms with van der Waals surface area (Å²) in [7, 11) is 6.66. The molecule has 1 fully saturated rings. The fourth-order valence-corrected chi connectivity index (χ4v) is 5.32. The van der Waals surface area contributed by atoms with E-state index >= 15 is 0 Å². The second-order valence-electron chi connectivity index (χ2n) is 7.53. The number of methoxy groups -OCH3 is 4. The topological polar surface area (TPSA) is 60.4 Å². The van der Waals surface area contributed by atoms with Crippen LogP contribution in [-0.4, -0.2) is 63.7 Å². The molecule has 6 nitrogen and oxygen atoms in total. The Bertz CT molecular complexity index is 761. The number of nitrogens with zero attached hydrogens (tertiary/aromatic N) is 1. The van der Waals surface area contributed by atoms with E-state index < -0.39 is 6.10 Å². The second-order valence-corrected chi connectivity index (χ2v) is 7.53. The lowest BCUT2D eigenvalue weighted by Gasteiger charge is -2.45. The normalized spacial score (nSPS) is 29.9. The van der Waals surface area contributed by atoms with E-state index in [0.29, 0.717) is 11.5 Å². The number of aliphatic hydroxyl groups excluding tert-OH is 1. The number of hydrogen-bond acceptors (Lipinski definition) is 6. The molecule has 3 unspecified atom stereocenters. The van der Waals surface area contributed by atoms with Crippen LogP contribution in [-0.2, 0) is 16.7 Å². The van der Waals surface area contributed by atoms with E-state index in [2.05, 4.69) is 11.0 Å². The van der Waals surface area contributed by atoms with Crippen LogP contribution in [0.4, 0.5) is 0 Å². The predicted octanol–water partition coefficient (Wildman–Crippen LogP) is 2.27. The van der Waals surface area contributed by atoms with Crippen molar-refractivity contribution in [3.63, 3.8) is 0 Å². The van der Waals surface area contributed by atoms with E-state index in [1.807, 2.05) is 6.08 Å². The zero-order chi connectivity index (χ0) is 19.2. The van der Waals surface area contributed by atoms with Gasteiger partial charge in [0.15, 0.2) is 11.5 Å². The fraction of sp³-hybridized carbons (Fsp3) is 0.619. The quantitative estimate of drug-likeness (QED) is 0.815. The van der Waals surface area contributed by atoms with Crippen LogP contribution in [0.15, 0.2) is 17.7 Å². The zero-order valence-electron chi connectivity index (χ0n) is 16.6. The van der Waals surface area contributed by atoms with E-state index in [4.69, 9.17) is 18.9 Å². The highest BCUT2D eigenvalue weighted by molar-refractivity contribution is 5.63. The molecule has 2 aliphatic heterocycles. The van der Waals surface area contributed by atoms with Crippen LogP contribution in [0.1, 0.15) is 30.4 Å². The summed E-state index contributed by atoms with van der Waals surface area (Å²) in [5.74, 6) is 2.08. The lowest BCUT2D eigenvalue weighted by Crippen LogP contribution is -2.49. The molecule has 3 atom stereocenters. The monoisotopic (exact) mass is 375 g/mol. The Balaban J connectivity index is 2.00. The molecule has 0 radical (unpaired) electrons. The summed E-state index contributed by atoms with van der Waals surface area (Å²) in [6, 6.07) is 2.11. The standard InChI is InChI=1S/C21H29NO5/c1-24-17-11-15-14(19(26-3)20(17)27-4)6-5-8-22-9-7-13-10-16(23)18(25-2)12-21(13,15)22/h10-11,16,18,23H,5-9,12H2,1-4H3. The molecule has 0 aromatic heterocycles. The highest BCUT2D eigenvalue weighted by atomic mass is 16.5. The van der Waals surface area contributed by atoms with Crippen molar-refractivity contribution in [1.29, 1.82) is 0 Å². The largest absolute Gasteiger partial charge is 0.493 e. The van der Waals surface area contributed by atoms with E-state index in [1.54, 1.807) is 28.4 Å². The first-order chi connectivity index (χ1) is 13.1. The molecule has 1 N–H and O–H groups in total. The van der Waals surface area contributed by atoms with Crippen LogP contribution in [0.2, 0.25) is 0 Å². The van der Waals surface area contributed by atoms with E-state index in [0.717, 1.165) is 44.5 Å². The average Bonchev–Trinajstić information content (AvgIpc) is 2.96. The van der Waals surface area contributed by atoms with Gasteiger partial charge in [-0.05, 0) is 43.0 Å². The number of ether oxygens (including phenoxy) is 4. The zero-order valence-corrected chi connectivity index (χ0v) is 16.6. The van der Waals surface area contributed by atoms with Gasteiger partial charge in [0.25, 0.3) is 0 Å². The summed E-state index contributed by atoms with van der Waals surface area (Å²) in [5, 5.41) is 10.5. The molecule has 0 amide bonds. The highest BCUT2D eigenvalue weighted by Crippen LogP contribution is 2.56. The van der Waals surface area contributed by atoms with Crippen LogP contribution in [0.25, 0.3) is 0 Å². The maximum Gasteiger partial charge on any atom is 0.203 e. The summed E-state index contributed by atoms with van der Waals surface area (Å²) >= 11 is 0. The summed E-state index contributed by atoms with van der Waals surface area (Å²) in [5.41, 5.74) is 3.38. The molecule has 1 aliphatic carbocycles. The second kappa shape index (κ2) is 7.00. The average molecular weight is 375 g/mol. The molecule has 1 aromatic rings. The van der Waals surface area contributed by atoms with Crippen molar-refractivity contribution in [3.8, 4) is 17.2 Å². The lowest BCUT2D eigenvalue weighted by atomic mass is 9.72. The third kappa shape index (κ3) is 2.57. The van der Waals surface area contributed by atoms with Crippen LogP contribution in [0.3, 0.4) is 0 Å². The molecule has 1 spiro atoms. The minimum atomic E-state index is -0.565. The molecular weight excluding hydrogens is 346 g/mol. The molecule has 3 aliphatic rings. The molecule has 2 heterocycles. The van der Waals surface area contributed by atoms with Crippen molar-refractivity contribution >= 4 is 0 Å². The van der Waals surface area contributed by atoms with E-state index in [9.17, 15) is 5.11 Å². The van der Waals surface area contributed by atoms with E-state index in [1.165, 1.54) is 16.7 Å². The molecule has 6 heteroatoms. The Labute approximate surface area is 160 Å². The Morgan fingerprint density at radius 2 is 1.81 bits per heavy atom. The molecule has 0 bridgehead atoms. The molecule has 27 heavy (non-hydrogen) atoms. The third-order valence-corrected chi connectivity index (χ3v) is 6.51. The van der Waals surface area contributed by atoms with Gasteiger partial charge in [-0.25, -0.2) is 0 Å². The van der Waals surface area contributed by atoms with Gasteiger partial charge in [-0.2, -0.15) is 0 Å².